The molecule has 1 amide bonds. The molecule has 0 aliphatic carbocycles. The number of aromatic nitrogens is 1. The van der Waals surface area contributed by atoms with Crippen molar-refractivity contribution in [2.75, 3.05) is 0 Å². The fourth-order valence-electron chi connectivity index (χ4n) is 5.47. The summed E-state index contributed by atoms with van der Waals surface area (Å²) in [6.07, 6.45) is 0. The molecule has 0 spiro atoms. The van der Waals surface area contributed by atoms with Gasteiger partial charge in [-0.2, -0.15) is 0 Å². The van der Waals surface area contributed by atoms with Crippen LogP contribution in [-0.4, -0.2) is 10.5 Å². The quantitative estimate of drug-likeness (QED) is 0.209. The first-order valence-corrected chi connectivity index (χ1v) is 14.7. The summed E-state index contributed by atoms with van der Waals surface area (Å²) in [5.74, 6) is -0.0618. The molecule has 40 heavy (non-hydrogen) atoms. The molecule has 4 heteroatoms. The van der Waals surface area contributed by atoms with Crippen LogP contribution in [0.25, 0.3) is 22.0 Å². The van der Waals surface area contributed by atoms with Gasteiger partial charge in [-0.3, -0.25) is 4.79 Å². The Morgan fingerprint density at radius 2 is 1.57 bits per heavy atom. The summed E-state index contributed by atoms with van der Waals surface area (Å²) in [7, 11) is 0. The second-order valence-electron chi connectivity index (χ2n) is 11.8. The van der Waals surface area contributed by atoms with Crippen molar-refractivity contribution in [3.63, 3.8) is 0 Å². The summed E-state index contributed by atoms with van der Waals surface area (Å²) in [6.45, 7) is 13.9. The fraction of sp³-hybridized carbons (Fsp3) is 0.250. The van der Waals surface area contributed by atoms with Crippen molar-refractivity contribution >= 4 is 32.7 Å². The van der Waals surface area contributed by atoms with E-state index in [0.29, 0.717) is 5.56 Å². The van der Waals surface area contributed by atoms with E-state index < -0.39 is 0 Å². The lowest BCUT2D eigenvalue weighted by Gasteiger charge is -2.23. The molecule has 5 rings (SSSR count). The molecule has 4 aromatic carbocycles. The van der Waals surface area contributed by atoms with Crippen LogP contribution < -0.4 is 5.32 Å². The molecule has 1 N–H and O–H groups in total. The monoisotopic (exact) mass is 592 g/mol. The third-order valence-electron chi connectivity index (χ3n) is 7.96. The van der Waals surface area contributed by atoms with Crippen molar-refractivity contribution in [3.8, 4) is 11.1 Å². The second kappa shape index (κ2) is 11.1. The average molecular weight is 594 g/mol. The Morgan fingerprint density at radius 1 is 0.900 bits per heavy atom. The van der Waals surface area contributed by atoms with Gasteiger partial charge in [0.15, 0.2) is 0 Å². The van der Waals surface area contributed by atoms with Gasteiger partial charge < -0.3 is 9.88 Å². The SMILES string of the molecule is Cc1c(C)n(Cc2ccc(-c3ccccc3C(C)(C)C)cc2)c2ccc(C(=O)N[C@@H](C)c3ccc(Br)cc3)cc12. The summed E-state index contributed by atoms with van der Waals surface area (Å²) in [4.78, 5) is 13.1. The maximum atomic E-state index is 13.1. The highest BCUT2D eigenvalue weighted by Crippen LogP contribution is 2.33. The van der Waals surface area contributed by atoms with Gasteiger partial charge in [0.05, 0.1) is 6.04 Å². The normalized spacial score (nSPS) is 12.5. The Balaban J connectivity index is 1.38. The van der Waals surface area contributed by atoms with Gasteiger partial charge in [-0.25, -0.2) is 0 Å². The Hall–Kier alpha value is -3.63. The lowest BCUT2D eigenvalue weighted by molar-refractivity contribution is 0.0940. The summed E-state index contributed by atoms with van der Waals surface area (Å²) < 4.78 is 3.38. The molecule has 0 radical (unpaired) electrons. The van der Waals surface area contributed by atoms with Crippen molar-refractivity contribution in [2.45, 2.75) is 59.5 Å². The highest BCUT2D eigenvalue weighted by Gasteiger charge is 2.19. The van der Waals surface area contributed by atoms with E-state index in [-0.39, 0.29) is 17.4 Å². The number of aryl methyl sites for hydroxylation is 1. The van der Waals surface area contributed by atoms with Crippen LogP contribution >= 0.6 is 15.9 Å². The van der Waals surface area contributed by atoms with E-state index in [0.717, 1.165) is 27.5 Å². The van der Waals surface area contributed by atoms with E-state index in [1.54, 1.807) is 0 Å². The number of rotatable bonds is 6. The van der Waals surface area contributed by atoms with E-state index in [1.807, 2.05) is 43.3 Å². The number of fused-ring (bicyclic) bond motifs is 1. The van der Waals surface area contributed by atoms with E-state index >= 15 is 0 Å². The van der Waals surface area contributed by atoms with Gasteiger partial charge in [-0.05, 0) is 89.9 Å². The number of carbonyl (C=O) groups excluding carboxylic acids is 1. The van der Waals surface area contributed by atoms with Crippen molar-refractivity contribution in [1.82, 2.24) is 9.88 Å². The predicted octanol–water partition coefficient (Wildman–Crippen LogP) is 9.52. The molecule has 204 valence electrons. The van der Waals surface area contributed by atoms with Crippen LogP contribution in [0.2, 0.25) is 0 Å². The Bertz CT molecular complexity index is 1670. The molecular formula is C36H37BrN2O. The van der Waals surface area contributed by atoms with Crippen LogP contribution in [0.4, 0.5) is 0 Å². The van der Waals surface area contributed by atoms with Crippen LogP contribution in [0.3, 0.4) is 0 Å². The molecular weight excluding hydrogens is 556 g/mol. The maximum absolute atomic E-state index is 13.1. The molecule has 1 aromatic heterocycles. The number of benzene rings is 4. The number of nitrogens with zero attached hydrogens (tertiary/aromatic N) is 1. The zero-order valence-corrected chi connectivity index (χ0v) is 25.8. The third kappa shape index (κ3) is 5.64. The van der Waals surface area contributed by atoms with Crippen molar-refractivity contribution in [1.29, 1.82) is 0 Å². The van der Waals surface area contributed by atoms with Gasteiger partial charge in [-0.1, -0.05) is 97.4 Å². The smallest absolute Gasteiger partial charge is 0.251 e. The number of amides is 1. The number of hydrogen-bond donors (Lipinski definition) is 1. The molecule has 0 aliphatic heterocycles. The van der Waals surface area contributed by atoms with E-state index in [4.69, 9.17) is 0 Å². The Morgan fingerprint density at radius 3 is 2.25 bits per heavy atom. The van der Waals surface area contributed by atoms with Gasteiger partial charge in [0.1, 0.15) is 0 Å². The average Bonchev–Trinajstić information content (AvgIpc) is 3.17. The van der Waals surface area contributed by atoms with E-state index in [2.05, 4.69) is 115 Å². The minimum absolute atomic E-state index is 0.0618. The van der Waals surface area contributed by atoms with E-state index in [1.165, 1.54) is 33.5 Å². The lowest BCUT2D eigenvalue weighted by Crippen LogP contribution is -2.26. The number of carbonyl (C=O) groups is 1. The highest BCUT2D eigenvalue weighted by molar-refractivity contribution is 9.10. The standard InChI is InChI=1S/C36H37BrN2O/c1-23-25(3)39(22-26-11-13-28(14-12-26)31-9-7-8-10-33(31)36(4,5)6)34-20-17-29(21-32(23)34)35(40)38-24(2)27-15-18-30(37)19-16-27/h7-21,24H,22H2,1-6H3,(H,38,40)/t24-/m0/s1. The molecule has 1 heterocycles. The number of hydrogen-bond acceptors (Lipinski definition) is 1. The molecule has 0 bridgehead atoms. The molecule has 3 nitrogen and oxygen atoms in total. The molecule has 0 saturated heterocycles. The molecule has 0 unspecified atom stereocenters. The van der Waals surface area contributed by atoms with Gasteiger partial charge in [0, 0.05) is 33.2 Å². The zero-order chi connectivity index (χ0) is 28.6. The molecule has 0 aliphatic rings. The minimum atomic E-state index is -0.0814. The largest absolute Gasteiger partial charge is 0.346 e. The summed E-state index contributed by atoms with van der Waals surface area (Å²) in [5.41, 5.74) is 10.6. The Labute approximate surface area is 246 Å². The predicted molar refractivity (Wildman–Crippen MR) is 171 cm³/mol. The summed E-state index contributed by atoms with van der Waals surface area (Å²) in [5, 5.41) is 4.27. The van der Waals surface area contributed by atoms with Crippen LogP contribution in [0.5, 0.6) is 0 Å². The third-order valence-corrected chi connectivity index (χ3v) is 8.49. The maximum Gasteiger partial charge on any atom is 0.251 e. The first-order valence-electron chi connectivity index (χ1n) is 13.9. The minimum Gasteiger partial charge on any atom is -0.346 e. The molecule has 1 atom stereocenters. The van der Waals surface area contributed by atoms with Crippen LogP contribution in [0, 0.1) is 13.8 Å². The van der Waals surface area contributed by atoms with Gasteiger partial charge >= 0.3 is 0 Å². The van der Waals surface area contributed by atoms with Crippen LogP contribution in [0.1, 0.15) is 72.0 Å². The van der Waals surface area contributed by atoms with Gasteiger partial charge in [0.2, 0.25) is 0 Å². The number of halogens is 1. The number of nitrogens with one attached hydrogen (secondary N) is 1. The van der Waals surface area contributed by atoms with Crippen molar-refractivity contribution in [3.05, 3.63) is 129 Å². The van der Waals surface area contributed by atoms with E-state index in [9.17, 15) is 4.79 Å². The second-order valence-corrected chi connectivity index (χ2v) is 12.7. The van der Waals surface area contributed by atoms with Gasteiger partial charge in [0.25, 0.3) is 5.91 Å². The fourth-order valence-corrected chi connectivity index (χ4v) is 5.74. The van der Waals surface area contributed by atoms with Crippen LogP contribution in [0.15, 0.2) is 95.5 Å². The Kier molecular flexibility index (Phi) is 7.74. The topological polar surface area (TPSA) is 34.0 Å². The van der Waals surface area contributed by atoms with Gasteiger partial charge in [-0.15, -0.1) is 0 Å². The first-order chi connectivity index (χ1) is 19.0. The molecule has 0 fully saturated rings. The molecule has 5 aromatic rings. The zero-order valence-electron chi connectivity index (χ0n) is 24.2. The summed E-state index contributed by atoms with van der Waals surface area (Å²) >= 11 is 3.47. The lowest BCUT2D eigenvalue weighted by atomic mass is 9.82. The molecule has 0 saturated carbocycles. The van der Waals surface area contributed by atoms with Crippen LogP contribution in [-0.2, 0) is 12.0 Å². The van der Waals surface area contributed by atoms with Crippen molar-refractivity contribution < 1.29 is 4.79 Å². The first kappa shape index (κ1) is 27.9. The highest BCUT2D eigenvalue weighted by atomic mass is 79.9. The summed E-state index contributed by atoms with van der Waals surface area (Å²) in [6, 6.07) is 31.7. The van der Waals surface area contributed by atoms with Crippen molar-refractivity contribution in [2.24, 2.45) is 0 Å².